The van der Waals surface area contributed by atoms with E-state index in [-0.39, 0.29) is 32.1 Å². The summed E-state index contributed by atoms with van der Waals surface area (Å²) in [6.45, 7) is 6.52. The van der Waals surface area contributed by atoms with Gasteiger partial charge in [0.25, 0.3) is 0 Å². The molecule has 1 aliphatic heterocycles. The van der Waals surface area contributed by atoms with Crippen LogP contribution < -0.4 is 0 Å². The lowest BCUT2D eigenvalue weighted by atomic mass is 9.80. The molecule has 148 valence electrons. The molecule has 0 aliphatic carbocycles. The molecule has 0 aromatic heterocycles. The molecular formula is C17H28N2O7. The van der Waals surface area contributed by atoms with Crippen LogP contribution in [0.15, 0.2) is 0 Å². The maximum absolute atomic E-state index is 12.6. The molecule has 26 heavy (non-hydrogen) atoms. The molecule has 0 radical (unpaired) electrons. The molecule has 0 unspecified atom stereocenters. The zero-order chi connectivity index (χ0) is 20.1. The Morgan fingerprint density at radius 1 is 0.962 bits per heavy atom. The fourth-order valence-electron chi connectivity index (χ4n) is 3.00. The zero-order valence-electron chi connectivity index (χ0n) is 16.2. The number of rotatable bonds is 7. The molecule has 1 rings (SSSR count). The van der Waals surface area contributed by atoms with E-state index in [0.29, 0.717) is 0 Å². The molecule has 0 bridgehead atoms. The van der Waals surface area contributed by atoms with E-state index >= 15 is 0 Å². The highest BCUT2D eigenvalue weighted by molar-refractivity contribution is 6.03. The van der Waals surface area contributed by atoms with Gasteiger partial charge in [0, 0.05) is 13.1 Å². The molecule has 9 nitrogen and oxygen atoms in total. The molecule has 1 heterocycles. The first kappa shape index (κ1) is 22.0. The van der Waals surface area contributed by atoms with Gasteiger partial charge in [-0.15, -0.1) is 0 Å². The van der Waals surface area contributed by atoms with Crippen LogP contribution in [-0.2, 0) is 33.4 Å². The topological polar surface area (TPSA) is 102 Å². The van der Waals surface area contributed by atoms with Crippen LogP contribution in [0, 0.1) is 5.41 Å². The first-order chi connectivity index (χ1) is 12.1. The molecule has 0 aromatic carbocycles. The fourth-order valence-corrected chi connectivity index (χ4v) is 3.00. The first-order valence-electron chi connectivity index (χ1n) is 8.46. The number of ketones is 1. The van der Waals surface area contributed by atoms with Crippen LogP contribution in [0.25, 0.3) is 0 Å². The van der Waals surface area contributed by atoms with Gasteiger partial charge in [0.15, 0.2) is 5.41 Å². The highest BCUT2D eigenvalue weighted by Crippen LogP contribution is 2.31. The summed E-state index contributed by atoms with van der Waals surface area (Å²) in [7, 11) is 2.53. The van der Waals surface area contributed by atoms with Crippen molar-refractivity contribution in [2.45, 2.75) is 39.8 Å². The second kappa shape index (κ2) is 9.09. The summed E-state index contributed by atoms with van der Waals surface area (Å²) < 4.78 is 14.7. The van der Waals surface area contributed by atoms with Crippen molar-refractivity contribution >= 4 is 23.7 Å². The number of ether oxygens (including phenoxy) is 3. The van der Waals surface area contributed by atoms with Crippen molar-refractivity contribution in [3.63, 3.8) is 0 Å². The first-order valence-corrected chi connectivity index (χ1v) is 8.46. The number of nitrogens with zero attached hydrogens (tertiary/aromatic N) is 2. The third kappa shape index (κ3) is 4.39. The summed E-state index contributed by atoms with van der Waals surface area (Å²) in [5.41, 5.74) is -1.50. The average Bonchev–Trinajstić information content (AvgIpc) is 2.64. The van der Waals surface area contributed by atoms with Gasteiger partial charge >= 0.3 is 17.9 Å². The number of carbonyl (C=O) groups excluding carboxylic acids is 4. The van der Waals surface area contributed by atoms with Gasteiger partial charge in [-0.25, -0.2) is 0 Å². The predicted octanol–water partition coefficient (Wildman–Crippen LogP) is -0.177. The standard InChI is InChI=1S/C17H28N2O7/c1-7-26-16(23)17(13(4)20)8-18(11(2)14(21)24-5)10-19(9-17)12(3)15(22)25-6/h11-12H,7-10H2,1-6H3/t11-,12-/m0/s1. The van der Waals surface area contributed by atoms with E-state index in [4.69, 9.17) is 14.2 Å². The normalized spacial score (nSPS) is 19.9. The number of esters is 3. The van der Waals surface area contributed by atoms with Gasteiger partial charge in [0.1, 0.15) is 17.9 Å². The summed E-state index contributed by atoms with van der Waals surface area (Å²) in [4.78, 5) is 52.3. The van der Waals surface area contributed by atoms with Crippen molar-refractivity contribution in [3.05, 3.63) is 0 Å². The molecule has 0 amide bonds. The lowest BCUT2D eigenvalue weighted by molar-refractivity contribution is -0.175. The Hall–Kier alpha value is -2.00. The maximum Gasteiger partial charge on any atom is 0.322 e. The monoisotopic (exact) mass is 372 g/mol. The van der Waals surface area contributed by atoms with Gasteiger partial charge in [0.2, 0.25) is 0 Å². The van der Waals surface area contributed by atoms with Crippen LogP contribution in [0.5, 0.6) is 0 Å². The number of hydrogen-bond donors (Lipinski definition) is 0. The van der Waals surface area contributed by atoms with Gasteiger partial charge in [-0.2, -0.15) is 0 Å². The van der Waals surface area contributed by atoms with Gasteiger partial charge in [0.05, 0.1) is 27.5 Å². The van der Waals surface area contributed by atoms with E-state index in [2.05, 4.69) is 0 Å². The number of hydrogen-bond acceptors (Lipinski definition) is 9. The molecule has 0 aromatic rings. The molecule has 0 saturated carbocycles. The molecule has 2 atom stereocenters. The summed E-state index contributed by atoms with van der Waals surface area (Å²) in [5, 5.41) is 0. The highest BCUT2D eigenvalue weighted by Gasteiger charge is 2.52. The van der Waals surface area contributed by atoms with Crippen LogP contribution in [0.2, 0.25) is 0 Å². The summed E-state index contributed by atoms with van der Waals surface area (Å²) >= 11 is 0. The number of carbonyl (C=O) groups is 4. The molecule has 1 fully saturated rings. The van der Waals surface area contributed by atoms with Gasteiger partial charge in [-0.05, 0) is 27.7 Å². The van der Waals surface area contributed by atoms with Crippen LogP contribution in [-0.4, -0.2) is 86.2 Å². The largest absolute Gasteiger partial charge is 0.468 e. The predicted molar refractivity (Wildman–Crippen MR) is 91.0 cm³/mol. The molecule has 0 spiro atoms. The van der Waals surface area contributed by atoms with Crippen LogP contribution >= 0.6 is 0 Å². The van der Waals surface area contributed by atoms with Crippen LogP contribution in [0.4, 0.5) is 0 Å². The number of Topliss-reactive ketones (excluding diaryl/α,β-unsaturated/α-hetero) is 1. The van der Waals surface area contributed by atoms with Gasteiger partial charge < -0.3 is 14.2 Å². The van der Waals surface area contributed by atoms with Crippen molar-refractivity contribution in [2.24, 2.45) is 5.41 Å². The lowest BCUT2D eigenvalue weighted by Gasteiger charge is -2.47. The van der Waals surface area contributed by atoms with Crippen molar-refractivity contribution in [3.8, 4) is 0 Å². The Morgan fingerprint density at radius 2 is 1.38 bits per heavy atom. The summed E-state index contributed by atoms with van der Waals surface area (Å²) in [5.74, 6) is -2.06. The Morgan fingerprint density at radius 3 is 1.69 bits per heavy atom. The number of methoxy groups -OCH3 is 2. The minimum Gasteiger partial charge on any atom is -0.468 e. The van der Waals surface area contributed by atoms with Crippen molar-refractivity contribution in [1.29, 1.82) is 0 Å². The molecule has 1 aliphatic rings. The molecule has 9 heteroatoms. The Bertz CT molecular complexity index is 533. The Kier molecular flexibility index (Phi) is 7.70. The van der Waals surface area contributed by atoms with Gasteiger partial charge in [-0.3, -0.25) is 29.0 Å². The molecule has 1 saturated heterocycles. The minimum absolute atomic E-state index is 0.00181. The van der Waals surface area contributed by atoms with E-state index in [1.54, 1.807) is 30.6 Å². The second-order valence-electron chi connectivity index (χ2n) is 6.39. The highest BCUT2D eigenvalue weighted by atomic mass is 16.5. The molecular weight excluding hydrogens is 344 g/mol. The lowest BCUT2D eigenvalue weighted by Crippen LogP contribution is -2.66. The van der Waals surface area contributed by atoms with Crippen LogP contribution in [0.1, 0.15) is 27.7 Å². The van der Waals surface area contributed by atoms with Crippen molar-refractivity contribution in [1.82, 2.24) is 9.80 Å². The van der Waals surface area contributed by atoms with Crippen LogP contribution in [0.3, 0.4) is 0 Å². The maximum atomic E-state index is 12.6. The van der Waals surface area contributed by atoms with E-state index < -0.39 is 35.4 Å². The fraction of sp³-hybridized carbons (Fsp3) is 0.765. The Balaban J connectivity index is 3.31. The zero-order valence-corrected chi connectivity index (χ0v) is 16.2. The minimum atomic E-state index is -1.50. The SMILES string of the molecule is CCOC(=O)C1(C(C)=O)CN([C@@H](C)C(=O)OC)CN([C@@H](C)C(=O)OC)C1. The van der Waals surface area contributed by atoms with E-state index in [1.165, 1.54) is 21.1 Å². The molecule has 0 N–H and O–H groups in total. The quantitative estimate of drug-likeness (QED) is 0.342. The van der Waals surface area contributed by atoms with E-state index in [0.717, 1.165) is 0 Å². The van der Waals surface area contributed by atoms with Gasteiger partial charge in [-0.1, -0.05) is 0 Å². The average molecular weight is 372 g/mol. The van der Waals surface area contributed by atoms with Crippen molar-refractivity contribution < 1.29 is 33.4 Å². The third-order valence-electron chi connectivity index (χ3n) is 4.83. The van der Waals surface area contributed by atoms with E-state index in [1.807, 2.05) is 0 Å². The Labute approximate surface area is 153 Å². The third-order valence-corrected chi connectivity index (χ3v) is 4.83. The summed E-state index contributed by atoms with van der Waals surface area (Å²) in [6, 6.07) is -1.42. The van der Waals surface area contributed by atoms with Crippen molar-refractivity contribution in [2.75, 3.05) is 40.6 Å². The van der Waals surface area contributed by atoms with E-state index in [9.17, 15) is 19.2 Å². The second-order valence-corrected chi connectivity index (χ2v) is 6.39. The summed E-state index contributed by atoms with van der Waals surface area (Å²) in [6.07, 6.45) is 0. The smallest absolute Gasteiger partial charge is 0.322 e.